The van der Waals surface area contributed by atoms with Crippen LogP contribution in [-0.4, -0.2) is 23.9 Å². The topological polar surface area (TPSA) is 72.5 Å². The Morgan fingerprint density at radius 3 is 2.75 bits per heavy atom. The fourth-order valence-electron chi connectivity index (χ4n) is 0.814. The SMILES string of the molecule is C=CC(=O)OC1CC(=O)NC1=O. The van der Waals surface area contributed by atoms with Crippen molar-refractivity contribution in [2.75, 3.05) is 0 Å². The number of hydrogen-bond acceptors (Lipinski definition) is 4. The Balaban J connectivity index is 2.54. The van der Waals surface area contributed by atoms with Crippen molar-refractivity contribution in [1.82, 2.24) is 5.32 Å². The van der Waals surface area contributed by atoms with E-state index in [0.29, 0.717) is 0 Å². The number of hydrogen-bond donors (Lipinski definition) is 1. The standard InChI is InChI=1S/C7H7NO4/c1-2-6(10)12-4-3-5(9)8-7(4)11/h2,4H,1,3H2,(H,8,9,11). The van der Waals surface area contributed by atoms with Crippen LogP contribution in [-0.2, 0) is 19.1 Å². The minimum Gasteiger partial charge on any atom is -0.449 e. The first-order valence-corrected chi connectivity index (χ1v) is 3.30. The monoisotopic (exact) mass is 169 g/mol. The van der Waals surface area contributed by atoms with Crippen molar-refractivity contribution in [2.45, 2.75) is 12.5 Å². The average Bonchev–Trinajstić information content (AvgIpc) is 2.30. The molecular formula is C7H7NO4. The van der Waals surface area contributed by atoms with E-state index in [1.807, 2.05) is 5.32 Å². The van der Waals surface area contributed by atoms with Gasteiger partial charge in [0.1, 0.15) is 0 Å². The fourth-order valence-corrected chi connectivity index (χ4v) is 0.814. The molecule has 1 heterocycles. The smallest absolute Gasteiger partial charge is 0.330 e. The van der Waals surface area contributed by atoms with E-state index in [1.54, 1.807) is 0 Å². The molecule has 1 aliphatic heterocycles. The Kier molecular flexibility index (Phi) is 2.23. The highest BCUT2D eigenvalue weighted by Crippen LogP contribution is 2.06. The molecule has 2 amide bonds. The van der Waals surface area contributed by atoms with Crippen LogP contribution >= 0.6 is 0 Å². The third kappa shape index (κ3) is 1.69. The molecule has 1 saturated heterocycles. The van der Waals surface area contributed by atoms with E-state index < -0.39 is 23.9 Å². The number of amides is 2. The number of esters is 1. The second kappa shape index (κ2) is 3.17. The third-order valence-corrected chi connectivity index (χ3v) is 1.35. The minimum absolute atomic E-state index is 0.0988. The Bertz CT molecular complexity index is 258. The molecule has 0 radical (unpaired) electrons. The molecule has 0 spiro atoms. The molecule has 1 N–H and O–H groups in total. The van der Waals surface area contributed by atoms with E-state index in [9.17, 15) is 14.4 Å². The molecule has 1 unspecified atom stereocenters. The maximum Gasteiger partial charge on any atom is 0.330 e. The molecule has 0 bridgehead atoms. The summed E-state index contributed by atoms with van der Waals surface area (Å²) in [6, 6.07) is 0. The number of nitrogens with one attached hydrogen (secondary N) is 1. The van der Waals surface area contributed by atoms with Crippen LogP contribution in [0.15, 0.2) is 12.7 Å². The molecule has 5 nitrogen and oxygen atoms in total. The van der Waals surface area contributed by atoms with Crippen LogP contribution < -0.4 is 5.32 Å². The van der Waals surface area contributed by atoms with Gasteiger partial charge in [0, 0.05) is 6.08 Å². The molecule has 64 valence electrons. The number of ether oxygens (including phenoxy) is 1. The van der Waals surface area contributed by atoms with Gasteiger partial charge in [-0.15, -0.1) is 0 Å². The van der Waals surface area contributed by atoms with Crippen molar-refractivity contribution in [3.63, 3.8) is 0 Å². The van der Waals surface area contributed by atoms with E-state index in [1.165, 1.54) is 0 Å². The van der Waals surface area contributed by atoms with Gasteiger partial charge in [0.2, 0.25) is 5.91 Å². The molecular weight excluding hydrogens is 162 g/mol. The molecule has 0 aromatic carbocycles. The van der Waals surface area contributed by atoms with Gasteiger partial charge in [-0.3, -0.25) is 14.9 Å². The Morgan fingerprint density at radius 1 is 1.67 bits per heavy atom. The highest BCUT2D eigenvalue weighted by atomic mass is 16.5. The van der Waals surface area contributed by atoms with Gasteiger partial charge >= 0.3 is 5.97 Å². The largest absolute Gasteiger partial charge is 0.449 e. The van der Waals surface area contributed by atoms with E-state index in [-0.39, 0.29) is 6.42 Å². The summed E-state index contributed by atoms with van der Waals surface area (Å²) in [5.74, 6) is -1.71. The Labute approximate surface area is 68.4 Å². The molecule has 1 aliphatic rings. The second-order valence-corrected chi connectivity index (χ2v) is 2.25. The zero-order chi connectivity index (χ0) is 9.14. The molecule has 0 aromatic rings. The molecule has 0 aromatic heterocycles. The molecule has 12 heavy (non-hydrogen) atoms. The summed E-state index contributed by atoms with van der Waals surface area (Å²) in [5.41, 5.74) is 0. The highest BCUT2D eigenvalue weighted by Gasteiger charge is 2.33. The third-order valence-electron chi connectivity index (χ3n) is 1.35. The van der Waals surface area contributed by atoms with Gasteiger partial charge in [-0.25, -0.2) is 4.79 Å². The predicted molar refractivity (Wildman–Crippen MR) is 37.8 cm³/mol. The van der Waals surface area contributed by atoms with Crippen molar-refractivity contribution in [1.29, 1.82) is 0 Å². The molecule has 1 fully saturated rings. The highest BCUT2D eigenvalue weighted by molar-refractivity contribution is 6.05. The van der Waals surface area contributed by atoms with Crippen molar-refractivity contribution in [2.24, 2.45) is 0 Å². The summed E-state index contributed by atoms with van der Waals surface area (Å²) >= 11 is 0. The molecule has 1 atom stereocenters. The molecule has 1 rings (SSSR count). The lowest BCUT2D eigenvalue weighted by Gasteiger charge is -2.04. The molecule has 0 aliphatic carbocycles. The Morgan fingerprint density at radius 2 is 2.33 bits per heavy atom. The van der Waals surface area contributed by atoms with Gasteiger partial charge in [-0.2, -0.15) is 0 Å². The summed E-state index contributed by atoms with van der Waals surface area (Å²) in [6.07, 6.45) is -0.142. The van der Waals surface area contributed by atoms with Crippen LogP contribution in [0.1, 0.15) is 6.42 Å². The molecule has 0 saturated carbocycles. The van der Waals surface area contributed by atoms with Crippen LogP contribution in [0.2, 0.25) is 0 Å². The summed E-state index contributed by atoms with van der Waals surface area (Å²) < 4.78 is 4.55. The van der Waals surface area contributed by atoms with Crippen LogP contribution in [0.25, 0.3) is 0 Å². The fraction of sp³-hybridized carbons (Fsp3) is 0.286. The van der Waals surface area contributed by atoms with Crippen LogP contribution in [0.4, 0.5) is 0 Å². The number of rotatable bonds is 2. The predicted octanol–water partition coefficient (Wildman–Crippen LogP) is -0.869. The van der Waals surface area contributed by atoms with Crippen molar-refractivity contribution in [3.8, 4) is 0 Å². The Hall–Kier alpha value is -1.65. The number of carbonyl (C=O) groups is 3. The average molecular weight is 169 g/mol. The lowest BCUT2D eigenvalue weighted by atomic mass is 10.3. The van der Waals surface area contributed by atoms with Gasteiger partial charge in [0.15, 0.2) is 6.10 Å². The lowest BCUT2D eigenvalue weighted by Crippen LogP contribution is -2.27. The van der Waals surface area contributed by atoms with Crippen molar-refractivity contribution >= 4 is 17.8 Å². The van der Waals surface area contributed by atoms with E-state index in [0.717, 1.165) is 6.08 Å². The van der Waals surface area contributed by atoms with Crippen LogP contribution in [0, 0.1) is 0 Å². The summed E-state index contributed by atoms with van der Waals surface area (Å²) in [4.78, 5) is 32.0. The van der Waals surface area contributed by atoms with Gasteiger partial charge in [-0.05, 0) is 0 Å². The quantitative estimate of drug-likeness (QED) is 0.331. The maximum absolute atomic E-state index is 10.8. The van der Waals surface area contributed by atoms with Crippen LogP contribution in [0.3, 0.4) is 0 Å². The summed E-state index contributed by atoms with van der Waals surface area (Å²) in [7, 11) is 0. The van der Waals surface area contributed by atoms with Crippen LogP contribution in [0.5, 0.6) is 0 Å². The van der Waals surface area contributed by atoms with E-state index >= 15 is 0 Å². The summed E-state index contributed by atoms with van der Waals surface area (Å²) in [5, 5.41) is 2.01. The van der Waals surface area contributed by atoms with Gasteiger partial charge in [0.25, 0.3) is 5.91 Å². The zero-order valence-electron chi connectivity index (χ0n) is 6.20. The van der Waals surface area contributed by atoms with Crippen molar-refractivity contribution in [3.05, 3.63) is 12.7 Å². The number of carbonyl (C=O) groups excluding carboxylic acids is 3. The van der Waals surface area contributed by atoms with Gasteiger partial charge in [0.05, 0.1) is 6.42 Å². The van der Waals surface area contributed by atoms with E-state index in [2.05, 4.69) is 11.3 Å². The zero-order valence-corrected chi connectivity index (χ0v) is 6.20. The first-order valence-electron chi connectivity index (χ1n) is 3.30. The van der Waals surface area contributed by atoms with Gasteiger partial charge < -0.3 is 4.74 Å². The first kappa shape index (κ1) is 8.45. The molecule has 5 heteroatoms. The lowest BCUT2D eigenvalue weighted by molar-refractivity contribution is -0.149. The van der Waals surface area contributed by atoms with E-state index in [4.69, 9.17) is 0 Å². The minimum atomic E-state index is -0.983. The second-order valence-electron chi connectivity index (χ2n) is 2.25. The normalized spacial score (nSPS) is 21.8. The maximum atomic E-state index is 10.8. The van der Waals surface area contributed by atoms with Gasteiger partial charge in [-0.1, -0.05) is 6.58 Å². The number of imide groups is 1. The first-order chi connectivity index (χ1) is 5.63. The summed E-state index contributed by atoms with van der Waals surface area (Å²) in [6.45, 7) is 3.16. The van der Waals surface area contributed by atoms with Crippen molar-refractivity contribution < 1.29 is 19.1 Å².